The zero-order valence-corrected chi connectivity index (χ0v) is 10.3. The lowest BCUT2D eigenvalue weighted by Crippen LogP contribution is -2.26. The highest BCUT2D eigenvalue weighted by molar-refractivity contribution is 5.23. The number of ether oxygens (including phenoxy) is 2. The fraction of sp³-hybridized carbons (Fsp3) is 0.714. The van der Waals surface area contributed by atoms with Gasteiger partial charge in [-0.3, -0.25) is 0 Å². The van der Waals surface area contributed by atoms with E-state index in [1.807, 2.05) is 0 Å². The fourth-order valence-corrected chi connectivity index (χ4v) is 2.31. The minimum Gasteiger partial charge on any atom is -0.353 e. The summed E-state index contributed by atoms with van der Waals surface area (Å²) in [6.45, 7) is 6.04. The Balaban J connectivity index is 1.75. The van der Waals surface area contributed by atoms with E-state index >= 15 is 0 Å². The second kappa shape index (κ2) is 5.65. The van der Waals surface area contributed by atoms with E-state index in [1.54, 1.807) is 0 Å². The maximum atomic E-state index is 5.83. The summed E-state index contributed by atoms with van der Waals surface area (Å²) in [4.78, 5) is 0. The Labute approximate surface area is 98.3 Å². The zero-order chi connectivity index (χ0) is 11.4. The number of allylic oxidation sites excluding steroid dienone is 3. The molecule has 1 fully saturated rings. The maximum absolute atomic E-state index is 5.83. The molecule has 0 bridgehead atoms. The van der Waals surface area contributed by atoms with E-state index in [2.05, 4.69) is 32.1 Å². The Kier molecular flexibility index (Phi) is 4.19. The fourth-order valence-electron chi connectivity index (χ4n) is 2.31. The minimum absolute atomic E-state index is 0.0429. The van der Waals surface area contributed by atoms with Crippen molar-refractivity contribution in [1.29, 1.82) is 0 Å². The van der Waals surface area contributed by atoms with Crippen LogP contribution in [0.4, 0.5) is 0 Å². The quantitative estimate of drug-likeness (QED) is 0.729. The van der Waals surface area contributed by atoms with Gasteiger partial charge in [-0.25, -0.2) is 0 Å². The average Bonchev–Trinajstić information content (AvgIpc) is 2.29. The molecule has 2 nitrogen and oxygen atoms in total. The lowest BCUT2D eigenvalue weighted by molar-refractivity contribution is -0.168. The summed E-state index contributed by atoms with van der Waals surface area (Å²) in [5.74, 6) is 1.09. The van der Waals surface area contributed by atoms with Gasteiger partial charge in [-0.1, -0.05) is 30.7 Å². The monoisotopic (exact) mass is 222 g/mol. The van der Waals surface area contributed by atoms with Crippen LogP contribution in [0.3, 0.4) is 0 Å². The summed E-state index contributed by atoms with van der Waals surface area (Å²) in [5.41, 5.74) is 1.36. The highest BCUT2D eigenvalue weighted by atomic mass is 16.7. The predicted molar refractivity (Wildman–Crippen MR) is 65.1 cm³/mol. The van der Waals surface area contributed by atoms with Crippen LogP contribution in [0.15, 0.2) is 23.8 Å². The smallest absolute Gasteiger partial charge is 0.157 e. The summed E-state index contributed by atoms with van der Waals surface area (Å²) in [7, 11) is 0. The molecule has 0 saturated carbocycles. The molecule has 90 valence electrons. The molecule has 0 radical (unpaired) electrons. The van der Waals surface area contributed by atoms with Crippen LogP contribution in [0.2, 0.25) is 0 Å². The summed E-state index contributed by atoms with van der Waals surface area (Å²) < 4.78 is 11.4. The lowest BCUT2D eigenvalue weighted by atomic mass is 9.88. The third-order valence-corrected chi connectivity index (χ3v) is 3.42. The van der Waals surface area contributed by atoms with Gasteiger partial charge in [-0.05, 0) is 32.1 Å². The molecule has 0 amide bonds. The van der Waals surface area contributed by atoms with Gasteiger partial charge < -0.3 is 9.47 Å². The summed E-state index contributed by atoms with van der Waals surface area (Å²) in [6.07, 6.45) is 10.3. The first-order chi connectivity index (χ1) is 7.75. The highest BCUT2D eigenvalue weighted by Gasteiger charge is 2.19. The van der Waals surface area contributed by atoms with Crippen molar-refractivity contribution in [1.82, 2.24) is 0 Å². The maximum Gasteiger partial charge on any atom is 0.157 e. The van der Waals surface area contributed by atoms with Gasteiger partial charge in [0.25, 0.3) is 0 Å². The summed E-state index contributed by atoms with van der Waals surface area (Å²) >= 11 is 0. The zero-order valence-electron chi connectivity index (χ0n) is 10.3. The van der Waals surface area contributed by atoms with Gasteiger partial charge in [0, 0.05) is 12.5 Å². The molecule has 2 rings (SSSR count). The van der Waals surface area contributed by atoms with Crippen LogP contribution in [0, 0.1) is 11.8 Å². The van der Waals surface area contributed by atoms with Crippen LogP contribution in [0.5, 0.6) is 0 Å². The standard InChI is InChI=1S/C14H22O2/c1-11-6-7-13(12(2)9-11)10-16-14-5-3-4-8-15-14/h6-7,9,12-14H,3-5,8,10H2,1-2H3. The van der Waals surface area contributed by atoms with Gasteiger partial charge >= 0.3 is 0 Å². The van der Waals surface area contributed by atoms with Crippen molar-refractivity contribution in [2.75, 3.05) is 13.2 Å². The van der Waals surface area contributed by atoms with Crippen molar-refractivity contribution in [2.45, 2.75) is 39.4 Å². The van der Waals surface area contributed by atoms with Gasteiger partial charge in [-0.15, -0.1) is 0 Å². The normalized spacial score (nSPS) is 34.9. The van der Waals surface area contributed by atoms with Crippen LogP contribution in [0.1, 0.15) is 33.1 Å². The molecule has 0 aromatic carbocycles. The molecule has 1 aliphatic carbocycles. The molecule has 3 atom stereocenters. The second-order valence-electron chi connectivity index (χ2n) is 4.92. The largest absolute Gasteiger partial charge is 0.353 e. The Morgan fingerprint density at radius 1 is 1.44 bits per heavy atom. The third kappa shape index (κ3) is 3.19. The van der Waals surface area contributed by atoms with E-state index in [4.69, 9.17) is 9.47 Å². The molecule has 1 aliphatic heterocycles. The molecule has 3 unspecified atom stereocenters. The SMILES string of the molecule is CC1=CC(C)C(COC2CCCCO2)C=C1. The van der Waals surface area contributed by atoms with Gasteiger partial charge in [0.05, 0.1) is 6.61 Å². The third-order valence-electron chi connectivity index (χ3n) is 3.42. The van der Waals surface area contributed by atoms with E-state index in [9.17, 15) is 0 Å². The molecule has 1 saturated heterocycles. The molecule has 2 aliphatic rings. The number of hydrogen-bond donors (Lipinski definition) is 0. The molecular formula is C14H22O2. The molecule has 0 aromatic heterocycles. The number of rotatable bonds is 3. The molecule has 2 heteroatoms. The van der Waals surface area contributed by atoms with Crippen molar-refractivity contribution in [2.24, 2.45) is 11.8 Å². The van der Waals surface area contributed by atoms with Gasteiger partial charge in [0.15, 0.2) is 6.29 Å². The van der Waals surface area contributed by atoms with E-state index in [1.165, 1.54) is 18.4 Å². The molecular weight excluding hydrogens is 200 g/mol. The first-order valence-corrected chi connectivity index (χ1v) is 6.35. The Hall–Kier alpha value is -0.600. The van der Waals surface area contributed by atoms with Crippen molar-refractivity contribution in [3.63, 3.8) is 0 Å². The van der Waals surface area contributed by atoms with Crippen molar-refractivity contribution in [3.05, 3.63) is 23.8 Å². The van der Waals surface area contributed by atoms with Gasteiger partial charge in [0.1, 0.15) is 0 Å². The van der Waals surface area contributed by atoms with Crippen LogP contribution >= 0.6 is 0 Å². The van der Waals surface area contributed by atoms with Crippen molar-refractivity contribution in [3.8, 4) is 0 Å². The van der Waals surface area contributed by atoms with Gasteiger partial charge in [-0.2, -0.15) is 0 Å². The lowest BCUT2D eigenvalue weighted by Gasteiger charge is -2.27. The van der Waals surface area contributed by atoms with Crippen molar-refractivity contribution >= 4 is 0 Å². The highest BCUT2D eigenvalue weighted by Crippen LogP contribution is 2.24. The predicted octanol–water partition coefficient (Wildman–Crippen LogP) is 3.30. The molecule has 1 heterocycles. The second-order valence-corrected chi connectivity index (χ2v) is 4.92. The first-order valence-electron chi connectivity index (χ1n) is 6.35. The van der Waals surface area contributed by atoms with Crippen molar-refractivity contribution < 1.29 is 9.47 Å². The van der Waals surface area contributed by atoms with E-state index < -0.39 is 0 Å². The van der Waals surface area contributed by atoms with E-state index in [0.29, 0.717) is 11.8 Å². The van der Waals surface area contributed by atoms with Gasteiger partial charge in [0.2, 0.25) is 0 Å². The minimum atomic E-state index is 0.0429. The van der Waals surface area contributed by atoms with Crippen LogP contribution in [-0.2, 0) is 9.47 Å². The van der Waals surface area contributed by atoms with E-state index in [-0.39, 0.29) is 6.29 Å². The Bertz CT molecular complexity index is 274. The number of hydrogen-bond acceptors (Lipinski definition) is 2. The molecule has 0 spiro atoms. The van der Waals surface area contributed by atoms with Crippen LogP contribution in [0.25, 0.3) is 0 Å². The van der Waals surface area contributed by atoms with Crippen LogP contribution in [-0.4, -0.2) is 19.5 Å². The van der Waals surface area contributed by atoms with Crippen LogP contribution < -0.4 is 0 Å². The Morgan fingerprint density at radius 3 is 3.00 bits per heavy atom. The Morgan fingerprint density at radius 2 is 2.31 bits per heavy atom. The average molecular weight is 222 g/mol. The summed E-state index contributed by atoms with van der Waals surface area (Å²) in [5, 5.41) is 0. The molecule has 0 N–H and O–H groups in total. The molecule has 0 aromatic rings. The molecule has 16 heavy (non-hydrogen) atoms. The first kappa shape index (κ1) is 11.9. The summed E-state index contributed by atoms with van der Waals surface area (Å²) in [6, 6.07) is 0. The topological polar surface area (TPSA) is 18.5 Å². The van der Waals surface area contributed by atoms with E-state index in [0.717, 1.165) is 19.6 Å².